The lowest BCUT2D eigenvalue weighted by molar-refractivity contribution is 0.0972. The smallest absolute Gasteiger partial charge is 0.293 e. The first-order valence-corrected chi connectivity index (χ1v) is 4.77. The van der Waals surface area contributed by atoms with Crippen molar-refractivity contribution in [2.75, 3.05) is 0 Å². The van der Waals surface area contributed by atoms with Gasteiger partial charge in [-0.25, -0.2) is 0 Å². The molecule has 0 fully saturated rings. The summed E-state index contributed by atoms with van der Waals surface area (Å²) in [4.78, 5) is 14.8. The molecule has 2 aromatic rings. The van der Waals surface area contributed by atoms with E-state index < -0.39 is 0 Å². The minimum absolute atomic E-state index is 0.00887. The van der Waals surface area contributed by atoms with E-state index >= 15 is 0 Å². The van der Waals surface area contributed by atoms with Gasteiger partial charge in [-0.3, -0.25) is 4.79 Å². The summed E-state index contributed by atoms with van der Waals surface area (Å²) in [5.74, 6) is 0.282. The number of para-hydroxylation sites is 1. The summed E-state index contributed by atoms with van der Waals surface area (Å²) in [5, 5.41) is 13.2. The molecule has 2 rings (SSSR count). The number of phenolic OH excluding ortho intramolecular Hbond substituents is 1. The molecule has 1 aromatic heterocycles. The lowest BCUT2D eigenvalue weighted by Crippen LogP contribution is -1.94. The zero-order valence-corrected chi connectivity index (χ0v) is 8.67. The molecule has 1 heterocycles. The maximum atomic E-state index is 10.9. The van der Waals surface area contributed by atoms with Crippen LogP contribution in [0.3, 0.4) is 0 Å². The second-order valence-electron chi connectivity index (χ2n) is 3.38. The highest BCUT2D eigenvalue weighted by atomic mass is 16.5. The first-order valence-electron chi connectivity index (χ1n) is 4.77. The second kappa shape index (κ2) is 4.14. The van der Waals surface area contributed by atoms with Gasteiger partial charge in [0.15, 0.2) is 5.82 Å². The third-order valence-corrected chi connectivity index (χ3v) is 2.11. The Morgan fingerprint density at radius 1 is 1.44 bits per heavy atom. The number of aromatic hydroxyl groups is 1. The largest absolute Gasteiger partial charge is 0.508 e. The van der Waals surface area contributed by atoms with E-state index in [0.717, 1.165) is 0 Å². The van der Waals surface area contributed by atoms with Gasteiger partial charge in [-0.2, -0.15) is 4.98 Å². The maximum absolute atomic E-state index is 10.9. The molecule has 5 nitrogen and oxygen atoms in total. The number of phenols is 1. The lowest BCUT2D eigenvalue weighted by atomic mass is 10.1. The van der Waals surface area contributed by atoms with E-state index in [0.29, 0.717) is 17.8 Å². The van der Waals surface area contributed by atoms with Crippen LogP contribution >= 0.6 is 0 Å². The highest BCUT2D eigenvalue weighted by molar-refractivity contribution is 5.89. The molecular weight excluding hydrogens is 208 g/mol. The SMILES string of the molecule is CC(=O)c1nc(Cc2ccccc2O)no1. The van der Waals surface area contributed by atoms with Crippen LogP contribution in [0, 0.1) is 0 Å². The number of Topliss-reactive ketones (excluding diaryl/α,β-unsaturated/α-hetero) is 1. The number of rotatable bonds is 3. The third kappa shape index (κ3) is 2.08. The zero-order chi connectivity index (χ0) is 11.5. The molecule has 0 unspecified atom stereocenters. The summed E-state index contributed by atoms with van der Waals surface area (Å²) >= 11 is 0. The summed E-state index contributed by atoms with van der Waals surface area (Å²) in [6.45, 7) is 1.36. The van der Waals surface area contributed by atoms with Crippen molar-refractivity contribution in [3.8, 4) is 5.75 Å². The standard InChI is InChI=1S/C11H10N2O3/c1-7(14)11-12-10(13-16-11)6-8-4-2-3-5-9(8)15/h2-5,15H,6H2,1H3. The van der Waals surface area contributed by atoms with E-state index in [9.17, 15) is 9.90 Å². The van der Waals surface area contributed by atoms with Crippen molar-refractivity contribution >= 4 is 5.78 Å². The van der Waals surface area contributed by atoms with Gasteiger partial charge >= 0.3 is 0 Å². The highest BCUT2D eigenvalue weighted by Crippen LogP contribution is 2.18. The van der Waals surface area contributed by atoms with Crippen LogP contribution in [-0.2, 0) is 6.42 Å². The molecule has 0 atom stereocenters. The van der Waals surface area contributed by atoms with Crippen LogP contribution in [-0.4, -0.2) is 21.0 Å². The predicted octanol–water partition coefficient (Wildman–Crippen LogP) is 1.57. The van der Waals surface area contributed by atoms with Gasteiger partial charge in [-0.05, 0) is 6.07 Å². The molecule has 82 valence electrons. The van der Waals surface area contributed by atoms with Crippen LogP contribution in [0.4, 0.5) is 0 Å². The summed E-state index contributed by atoms with van der Waals surface area (Å²) < 4.78 is 4.75. The number of carbonyl (C=O) groups excluding carboxylic acids is 1. The number of hydrogen-bond donors (Lipinski definition) is 1. The fraction of sp³-hybridized carbons (Fsp3) is 0.182. The van der Waals surface area contributed by atoms with Crippen LogP contribution in [0.25, 0.3) is 0 Å². The van der Waals surface area contributed by atoms with Crippen LogP contribution < -0.4 is 0 Å². The Bertz CT molecular complexity index is 519. The highest BCUT2D eigenvalue weighted by Gasteiger charge is 2.11. The van der Waals surface area contributed by atoms with Crippen LogP contribution in [0.2, 0.25) is 0 Å². The average Bonchev–Trinajstić information content (AvgIpc) is 2.70. The molecule has 0 saturated heterocycles. The van der Waals surface area contributed by atoms with Crippen molar-refractivity contribution in [2.45, 2.75) is 13.3 Å². The number of carbonyl (C=O) groups is 1. The molecular formula is C11H10N2O3. The van der Waals surface area contributed by atoms with Crippen molar-refractivity contribution in [2.24, 2.45) is 0 Å². The van der Waals surface area contributed by atoms with Crippen molar-refractivity contribution in [1.82, 2.24) is 10.1 Å². The molecule has 0 amide bonds. The predicted molar refractivity (Wildman–Crippen MR) is 55.2 cm³/mol. The van der Waals surface area contributed by atoms with Crippen molar-refractivity contribution < 1.29 is 14.4 Å². The number of aromatic nitrogens is 2. The second-order valence-corrected chi connectivity index (χ2v) is 3.38. The quantitative estimate of drug-likeness (QED) is 0.791. The van der Waals surface area contributed by atoms with Gasteiger partial charge in [-0.15, -0.1) is 0 Å². The normalized spacial score (nSPS) is 10.3. The average molecular weight is 218 g/mol. The Hall–Kier alpha value is -2.17. The van der Waals surface area contributed by atoms with E-state index in [-0.39, 0.29) is 17.4 Å². The number of ketones is 1. The van der Waals surface area contributed by atoms with E-state index in [1.807, 2.05) is 0 Å². The zero-order valence-electron chi connectivity index (χ0n) is 8.67. The molecule has 0 aliphatic carbocycles. The van der Waals surface area contributed by atoms with E-state index in [1.165, 1.54) is 6.92 Å². The number of benzene rings is 1. The van der Waals surface area contributed by atoms with Gasteiger partial charge in [0.1, 0.15) is 5.75 Å². The topological polar surface area (TPSA) is 76.2 Å². The molecule has 0 aliphatic heterocycles. The molecule has 16 heavy (non-hydrogen) atoms. The molecule has 0 radical (unpaired) electrons. The fourth-order valence-corrected chi connectivity index (χ4v) is 1.30. The molecule has 1 aromatic carbocycles. The number of hydrogen-bond acceptors (Lipinski definition) is 5. The molecule has 5 heteroatoms. The van der Waals surface area contributed by atoms with Crippen molar-refractivity contribution in [3.63, 3.8) is 0 Å². The van der Waals surface area contributed by atoms with Crippen LogP contribution in [0.5, 0.6) is 5.75 Å². The van der Waals surface area contributed by atoms with E-state index in [1.54, 1.807) is 24.3 Å². The first kappa shape index (κ1) is 10.4. The minimum Gasteiger partial charge on any atom is -0.508 e. The lowest BCUT2D eigenvalue weighted by Gasteiger charge is -1.99. The van der Waals surface area contributed by atoms with Gasteiger partial charge in [0, 0.05) is 18.9 Å². The Labute approximate surface area is 91.7 Å². The van der Waals surface area contributed by atoms with Gasteiger partial charge < -0.3 is 9.63 Å². The summed E-state index contributed by atoms with van der Waals surface area (Å²) in [7, 11) is 0. The van der Waals surface area contributed by atoms with E-state index in [2.05, 4.69) is 10.1 Å². The van der Waals surface area contributed by atoms with Crippen LogP contribution in [0.1, 0.15) is 29.0 Å². The maximum Gasteiger partial charge on any atom is 0.293 e. The summed E-state index contributed by atoms with van der Waals surface area (Å²) in [6, 6.07) is 6.89. The molecule has 0 saturated carbocycles. The van der Waals surface area contributed by atoms with Gasteiger partial charge in [0.2, 0.25) is 5.78 Å². The first-order chi connectivity index (χ1) is 7.66. The van der Waals surface area contributed by atoms with Gasteiger partial charge in [-0.1, -0.05) is 23.4 Å². The van der Waals surface area contributed by atoms with E-state index in [4.69, 9.17) is 4.52 Å². The third-order valence-electron chi connectivity index (χ3n) is 2.11. The molecule has 0 bridgehead atoms. The van der Waals surface area contributed by atoms with Crippen molar-refractivity contribution in [3.05, 3.63) is 41.5 Å². The Morgan fingerprint density at radius 3 is 2.81 bits per heavy atom. The monoisotopic (exact) mass is 218 g/mol. The molecule has 0 spiro atoms. The fourth-order valence-electron chi connectivity index (χ4n) is 1.30. The molecule has 1 N–H and O–H groups in total. The summed E-state index contributed by atoms with van der Waals surface area (Å²) in [5.41, 5.74) is 0.693. The number of nitrogens with zero attached hydrogens (tertiary/aromatic N) is 2. The van der Waals surface area contributed by atoms with Gasteiger partial charge in [0.25, 0.3) is 5.89 Å². The van der Waals surface area contributed by atoms with Crippen molar-refractivity contribution in [1.29, 1.82) is 0 Å². The summed E-state index contributed by atoms with van der Waals surface area (Å²) in [6.07, 6.45) is 0.337. The Balaban J connectivity index is 2.21. The van der Waals surface area contributed by atoms with Crippen LogP contribution in [0.15, 0.2) is 28.8 Å². The minimum atomic E-state index is -0.268. The Morgan fingerprint density at radius 2 is 2.19 bits per heavy atom. The Kier molecular flexibility index (Phi) is 2.68. The molecule has 0 aliphatic rings. The van der Waals surface area contributed by atoms with Gasteiger partial charge in [0.05, 0.1) is 0 Å².